The van der Waals surface area contributed by atoms with Gasteiger partial charge in [-0.15, -0.1) is 11.8 Å². The lowest BCUT2D eigenvalue weighted by molar-refractivity contribution is -0.152. The molecule has 2 rings (SSSR count). The van der Waals surface area contributed by atoms with Crippen molar-refractivity contribution in [3.63, 3.8) is 0 Å². The molecule has 3 N–H and O–H groups in total. The summed E-state index contributed by atoms with van der Waals surface area (Å²) in [7, 11) is 0. The van der Waals surface area contributed by atoms with Crippen molar-refractivity contribution in [2.45, 2.75) is 62.4 Å². The number of fused-ring (bicyclic) bond motifs is 1. The third-order valence-corrected chi connectivity index (χ3v) is 4.95. The highest BCUT2D eigenvalue weighted by atomic mass is 32.2. The summed E-state index contributed by atoms with van der Waals surface area (Å²) >= 11 is 1.46. The van der Waals surface area contributed by atoms with Crippen molar-refractivity contribution in [2.24, 2.45) is 5.73 Å². The monoisotopic (exact) mass is 315 g/mol. The van der Waals surface area contributed by atoms with Gasteiger partial charge in [0.25, 0.3) is 0 Å². The van der Waals surface area contributed by atoms with Crippen LogP contribution in [0, 0.1) is 0 Å². The molecule has 0 aromatic rings. The van der Waals surface area contributed by atoms with Gasteiger partial charge in [-0.1, -0.05) is 0 Å². The SMILES string of the molecule is CC(C)(C)OC(=O)NC1C(=O)N2C1SC(C)(C)[C@@H]2C(N)=O. The fraction of sp³-hybridized carbons (Fsp3) is 0.769. The molecule has 0 aliphatic carbocycles. The van der Waals surface area contributed by atoms with Crippen LogP contribution in [0.25, 0.3) is 0 Å². The van der Waals surface area contributed by atoms with Crippen LogP contribution in [0.3, 0.4) is 0 Å². The number of hydrogen-bond acceptors (Lipinski definition) is 5. The van der Waals surface area contributed by atoms with Crippen molar-refractivity contribution in [2.75, 3.05) is 0 Å². The number of primary amides is 1. The maximum atomic E-state index is 12.2. The molecule has 0 spiro atoms. The van der Waals surface area contributed by atoms with Crippen LogP contribution in [-0.4, -0.2) is 50.6 Å². The molecule has 3 atom stereocenters. The van der Waals surface area contributed by atoms with E-state index in [4.69, 9.17) is 10.5 Å². The van der Waals surface area contributed by atoms with E-state index in [1.165, 1.54) is 16.7 Å². The number of carbonyl (C=O) groups excluding carboxylic acids is 3. The Morgan fingerprint density at radius 2 is 1.95 bits per heavy atom. The summed E-state index contributed by atoms with van der Waals surface area (Å²) in [5.41, 5.74) is 4.76. The van der Waals surface area contributed by atoms with Gasteiger partial charge in [0.1, 0.15) is 23.1 Å². The molecule has 0 aromatic carbocycles. The fourth-order valence-electron chi connectivity index (χ4n) is 2.64. The summed E-state index contributed by atoms with van der Waals surface area (Å²) in [6.45, 7) is 8.97. The zero-order valence-corrected chi connectivity index (χ0v) is 13.6. The van der Waals surface area contributed by atoms with Crippen LogP contribution in [0.1, 0.15) is 34.6 Å². The van der Waals surface area contributed by atoms with Crippen molar-refractivity contribution < 1.29 is 19.1 Å². The van der Waals surface area contributed by atoms with E-state index in [1.807, 2.05) is 13.8 Å². The highest BCUT2D eigenvalue weighted by molar-refractivity contribution is 8.01. The molecular formula is C13H21N3O4S. The second-order valence-electron chi connectivity index (χ2n) is 6.79. The number of nitrogens with one attached hydrogen (secondary N) is 1. The summed E-state index contributed by atoms with van der Waals surface area (Å²) in [6.07, 6.45) is -0.638. The molecular weight excluding hydrogens is 294 g/mol. The van der Waals surface area contributed by atoms with Crippen LogP contribution < -0.4 is 11.1 Å². The number of rotatable bonds is 2. The van der Waals surface area contributed by atoms with Gasteiger partial charge in [-0.05, 0) is 34.6 Å². The first-order chi connectivity index (χ1) is 9.44. The Morgan fingerprint density at radius 3 is 2.43 bits per heavy atom. The van der Waals surface area contributed by atoms with Crippen LogP contribution in [0.2, 0.25) is 0 Å². The average molecular weight is 315 g/mol. The summed E-state index contributed by atoms with van der Waals surface area (Å²) in [5.74, 6) is -0.827. The predicted molar refractivity (Wildman–Crippen MR) is 78.4 cm³/mol. The largest absolute Gasteiger partial charge is 0.444 e. The van der Waals surface area contributed by atoms with Gasteiger partial charge in [0, 0.05) is 4.75 Å². The topological polar surface area (TPSA) is 102 Å². The minimum absolute atomic E-state index is 0.280. The standard InChI is InChI=1S/C13H21N3O4S/c1-12(2,3)20-11(19)15-6-9(18)16-7(8(14)17)13(4,5)21-10(6)16/h6-7,10H,1-5H3,(H2,14,17)(H,15,19)/t6?,7-,10?/m0/s1. The van der Waals surface area contributed by atoms with E-state index in [1.54, 1.807) is 20.8 Å². The van der Waals surface area contributed by atoms with Gasteiger partial charge in [0.05, 0.1) is 0 Å². The number of nitrogens with zero attached hydrogens (tertiary/aromatic N) is 1. The van der Waals surface area contributed by atoms with E-state index < -0.39 is 34.4 Å². The number of hydrogen-bond donors (Lipinski definition) is 2. The molecule has 2 saturated heterocycles. The Morgan fingerprint density at radius 1 is 1.38 bits per heavy atom. The lowest BCUT2D eigenvalue weighted by atomic mass is 9.95. The second-order valence-corrected chi connectivity index (χ2v) is 8.56. The Balaban J connectivity index is 2.06. The average Bonchev–Trinajstić information content (AvgIpc) is 2.52. The first kappa shape index (κ1) is 15.9. The van der Waals surface area contributed by atoms with E-state index in [0.29, 0.717) is 0 Å². The van der Waals surface area contributed by atoms with Crippen molar-refractivity contribution in [3.05, 3.63) is 0 Å². The number of amides is 3. The third kappa shape index (κ3) is 2.81. The van der Waals surface area contributed by atoms with Crippen LogP contribution in [-0.2, 0) is 14.3 Å². The lowest BCUT2D eigenvalue weighted by Gasteiger charge is -2.43. The molecule has 2 fully saturated rings. The first-order valence-electron chi connectivity index (χ1n) is 6.73. The van der Waals surface area contributed by atoms with E-state index in [0.717, 1.165) is 0 Å². The Kier molecular flexibility index (Phi) is 3.64. The Labute approximate surface area is 127 Å². The Hall–Kier alpha value is -1.44. The summed E-state index contributed by atoms with van der Waals surface area (Å²) < 4.78 is 4.67. The highest BCUT2D eigenvalue weighted by Gasteiger charge is 2.63. The van der Waals surface area contributed by atoms with Gasteiger partial charge in [0.2, 0.25) is 11.8 Å². The molecule has 8 heteroatoms. The molecule has 2 unspecified atom stereocenters. The van der Waals surface area contributed by atoms with Gasteiger partial charge >= 0.3 is 6.09 Å². The summed E-state index contributed by atoms with van der Waals surface area (Å²) in [4.78, 5) is 37.0. The molecule has 0 radical (unpaired) electrons. The van der Waals surface area contributed by atoms with Gasteiger partial charge in [-0.3, -0.25) is 9.59 Å². The number of carbonyl (C=O) groups is 3. The number of nitrogens with two attached hydrogens (primary N) is 1. The molecule has 3 amide bonds. The van der Waals surface area contributed by atoms with Gasteiger partial charge in [0.15, 0.2) is 0 Å². The summed E-state index contributed by atoms with van der Waals surface area (Å²) in [5, 5.41) is 2.29. The van der Waals surface area contributed by atoms with Crippen LogP contribution in [0.5, 0.6) is 0 Å². The van der Waals surface area contributed by atoms with Gasteiger partial charge in [-0.25, -0.2) is 4.79 Å². The predicted octanol–water partition coefficient (Wildman–Crippen LogP) is 0.427. The molecule has 118 valence electrons. The minimum Gasteiger partial charge on any atom is -0.444 e. The highest BCUT2D eigenvalue weighted by Crippen LogP contribution is 2.50. The number of thioether (sulfide) groups is 1. The van der Waals surface area contributed by atoms with Crippen molar-refractivity contribution in [1.82, 2.24) is 10.2 Å². The van der Waals surface area contributed by atoms with E-state index in [9.17, 15) is 14.4 Å². The van der Waals surface area contributed by atoms with Crippen LogP contribution >= 0.6 is 11.8 Å². The normalized spacial score (nSPS) is 30.4. The van der Waals surface area contributed by atoms with Crippen LogP contribution in [0.15, 0.2) is 0 Å². The molecule has 0 aromatic heterocycles. The second kappa shape index (κ2) is 4.79. The first-order valence-corrected chi connectivity index (χ1v) is 7.61. The molecule has 2 heterocycles. The van der Waals surface area contributed by atoms with Gasteiger partial charge < -0.3 is 20.7 Å². The molecule has 2 aliphatic heterocycles. The number of ether oxygens (including phenoxy) is 1. The van der Waals surface area contributed by atoms with Crippen molar-refractivity contribution in [3.8, 4) is 0 Å². The minimum atomic E-state index is -0.673. The Bertz CT molecular complexity index is 500. The fourth-order valence-corrected chi connectivity index (χ4v) is 4.28. The third-order valence-electron chi connectivity index (χ3n) is 3.38. The zero-order valence-electron chi connectivity index (χ0n) is 12.8. The molecule has 0 saturated carbocycles. The molecule has 21 heavy (non-hydrogen) atoms. The molecule has 7 nitrogen and oxygen atoms in total. The number of alkyl carbamates (subject to hydrolysis) is 1. The van der Waals surface area contributed by atoms with Crippen LogP contribution in [0.4, 0.5) is 4.79 Å². The van der Waals surface area contributed by atoms with Crippen molar-refractivity contribution in [1.29, 1.82) is 0 Å². The zero-order chi connectivity index (χ0) is 16.2. The summed E-state index contributed by atoms with van der Waals surface area (Å²) in [6, 6.07) is -1.33. The molecule has 0 bridgehead atoms. The maximum Gasteiger partial charge on any atom is 0.408 e. The van der Waals surface area contributed by atoms with Gasteiger partial charge in [-0.2, -0.15) is 0 Å². The quantitative estimate of drug-likeness (QED) is 0.719. The number of β-lactam (4-membered cyclic amide) rings is 1. The smallest absolute Gasteiger partial charge is 0.408 e. The van der Waals surface area contributed by atoms with Crippen molar-refractivity contribution >= 4 is 29.7 Å². The molecule has 2 aliphatic rings. The van der Waals surface area contributed by atoms with E-state index in [2.05, 4.69) is 5.32 Å². The van der Waals surface area contributed by atoms with E-state index in [-0.39, 0.29) is 11.3 Å². The van der Waals surface area contributed by atoms with E-state index >= 15 is 0 Å². The maximum absolute atomic E-state index is 12.2. The lowest BCUT2D eigenvalue weighted by Crippen LogP contribution is -2.71.